The summed E-state index contributed by atoms with van der Waals surface area (Å²) < 4.78 is 0.868. The van der Waals surface area contributed by atoms with Gasteiger partial charge in [-0.05, 0) is 50.3 Å². The van der Waals surface area contributed by atoms with Crippen LogP contribution in [0.4, 0.5) is 0 Å². The Balaban J connectivity index is 1.76. The van der Waals surface area contributed by atoms with Crippen molar-refractivity contribution < 1.29 is 0 Å². The lowest BCUT2D eigenvalue weighted by Gasteiger charge is -2.23. The van der Waals surface area contributed by atoms with Gasteiger partial charge in [-0.15, -0.1) is 11.3 Å². The van der Waals surface area contributed by atoms with Crippen LogP contribution in [0.25, 0.3) is 0 Å². The first kappa shape index (κ1) is 14.1. The van der Waals surface area contributed by atoms with Gasteiger partial charge >= 0.3 is 0 Å². The molecule has 0 radical (unpaired) electrons. The average molecular weight is 306 g/mol. The Hall–Kier alpha value is -0.830. The van der Waals surface area contributed by atoms with E-state index in [9.17, 15) is 0 Å². The molecule has 0 bridgehead atoms. The van der Waals surface area contributed by atoms with E-state index in [0.29, 0.717) is 12.1 Å². The first-order chi connectivity index (χ1) is 9.63. The molecule has 1 saturated carbocycles. The molecule has 0 saturated heterocycles. The Morgan fingerprint density at radius 3 is 2.40 bits per heavy atom. The second-order valence-electron chi connectivity index (χ2n) is 5.76. The Kier molecular flexibility index (Phi) is 4.16. The second kappa shape index (κ2) is 5.88. The van der Waals surface area contributed by atoms with Crippen LogP contribution in [0.1, 0.15) is 47.9 Å². The lowest BCUT2D eigenvalue weighted by atomic mass is 10.00. The van der Waals surface area contributed by atoms with Crippen molar-refractivity contribution in [2.75, 3.05) is 0 Å². The van der Waals surface area contributed by atoms with Gasteiger partial charge in [0.15, 0.2) is 0 Å². The van der Waals surface area contributed by atoms with Crippen molar-refractivity contribution in [3.63, 3.8) is 0 Å². The second-order valence-corrected chi connectivity index (χ2v) is 7.50. The number of rotatable bonds is 5. The molecule has 0 amide bonds. The van der Waals surface area contributed by atoms with Gasteiger partial charge in [-0.1, -0.05) is 41.4 Å². The van der Waals surface area contributed by atoms with E-state index in [1.807, 2.05) is 6.07 Å². The van der Waals surface area contributed by atoms with Crippen molar-refractivity contribution in [1.29, 1.82) is 0 Å². The molecule has 2 unspecified atom stereocenters. The van der Waals surface area contributed by atoms with Gasteiger partial charge in [-0.3, -0.25) is 0 Å². The summed E-state index contributed by atoms with van der Waals surface area (Å²) in [6, 6.07) is 13.9. The van der Waals surface area contributed by atoms with E-state index in [2.05, 4.69) is 49.5 Å². The molecule has 1 aromatic carbocycles. The summed E-state index contributed by atoms with van der Waals surface area (Å²) in [5, 5.41) is 3.80. The van der Waals surface area contributed by atoms with E-state index in [1.54, 1.807) is 11.3 Å². The number of benzene rings is 1. The van der Waals surface area contributed by atoms with Crippen LogP contribution < -0.4 is 5.32 Å². The molecule has 1 fully saturated rings. The summed E-state index contributed by atoms with van der Waals surface area (Å²) in [5.41, 5.74) is 2.73. The Bertz CT molecular complexity index is 571. The standard InChI is InChI=1S/C17H20ClNS/c1-11-3-5-13(6-4-11)17(14-7-8-14)19-12(2)15-9-10-16(18)20-15/h3-6,9-10,12,14,17,19H,7-8H2,1-2H3. The number of thiophene rings is 1. The molecule has 2 aromatic rings. The minimum atomic E-state index is 0.347. The first-order valence-corrected chi connectivity index (χ1v) is 8.41. The molecular weight excluding hydrogens is 286 g/mol. The zero-order chi connectivity index (χ0) is 14.1. The third kappa shape index (κ3) is 3.25. The monoisotopic (exact) mass is 305 g/mol. The molecule has 1 aromatic heterocycles. The fraction of sp³-hybridized carbons (Fsp3) is 0.412. The van der Waals surface area contributed by atoms with Crippen molar-refractivity contribution in [2.24, 2.45) is 5.92 Å². The highest BCUT2D eigenvalue weighted by Gasteiger charge is 2.33. The Morgan fingerprint density at radius 1 is 1.15 bits per heavy atom. The van der Waals surface area contributed by atoms with E-state index in [4.69, 9.17) is 11.6 Å². The number of aryl methyl sites for hydroxylation is 1. The lowest BCUT2D eigenvalue weighted by molar-refractivity contribution is 0.431. The van der Waals surface area contributed by atoms with Gasteiger partial charge < -0.3 is 5.32 Å². The molecule has 106 valence electrons. The van der Waals surface area contributed by atoms with Crippen LogP contribution in [-0.4, -0.2) is 0 Å². The predicted molar refractivity (Wildman–Crippen MR) is 87.5 cm³/mol. The minimum absolute atomic E-state index is 0.347. The molecule has 3 heteroatoms. The molecule has 0 spiro atoms. The quantitative estimate of drug-likeness (QED) is 0.768. The van der Waals surface area contributed by atoms with E-state index < -0.39 is 0 Å². The van der Waals surface area contributed by atoms with Crippen molar-refractivity contribution in [3.05, 3.63) is 56.7 Å². The maximum atomic E-state index is 6.04. The number of nitrogens with one attached hydrogen (secondary N) is 1. The Labute approximate surface area is 130 Å². The molecule has 2 atom stereocenters. The molecular formula is C17H20ClNS. The summed E-state index contributed by atoms with van der Waals surface area (Å²) in [7, 11) is 0. The third-order valence-electron chi connectivity index (χ3n) is 3.98. The maximum Gasteiger partial charge on any atom is 0.0931 e. The van der Waals surface area contributed by atoms with Gasteiger partial charge in [0.25, 0.3) is 0 Å². The van der Waals surface area contributed by atoms with Crippen LogP contribution in [0.3, 0.4) is 0 Å². The van der Waals surface area contributed by atoms with E-state index in [0.717, 1.165) is 10.3 Å². The molecule has 20 heavy (non-hydrogen) atoms. The average Bonchev–Trinajstić information content (AvgIpc) is 3.18. The topological polar surface area (TPSA) is 12.0 Å². The fourth-order valence-corrected chi connectivity index (χ4v) is 3.69. The van der Waals surface area contributed by atoms with Crippen LogP contribution in [-0.2, 0) is 0 Å². The number of hydrogen-bond acceptors (Lipinski definition) is 2. The fourth-order valence-electron chi connectivity index (χ4n) is 2.62. The molecule has 1 N–H and O–H groups in total. The maximum absolute atomic E-state index is 6.04. The molecule has 1 heterocycles. The SMILES string of the molecule is Cc1ccc(C(NC(C)c2ccc(Cl)s2)C2CC2)cc1. The van der Waals surface area contributed by atoms with Gasteiger partial charge in [-0.25, -0.2) is 0 Å². The molecule has 3 rings (SSSR count). The third-order valence-corrected chi connectivity index (χ3v) is 5.39. The highest BCUT2D eigenvalue weighted by atomic mass is 35.5. The number of hydrogen-bond donors (Lipinski definition) is 1. The van der Waals surface area contributed by atoms with Crippen molar-refractivity contribution in [3.8, 4) is 0 Å². The van der Waals surface area contributed by atoms with E-state index in [1.165, 1.54) is 28.8 Å². The zero-order valence-corrected chi connectivity index (χ0v) is 13.5. The van der Waals surface area contributed by atoms with Crippen LogP contribution >= 0.6 is 22.9 Å². The van der Waals surface area contributed by atoms with Gasteiger partial charge in [-0.2, -0.15) is 0 Å². The number of halogens is 1. The molecule has 1 aliphatic carbocycles. The van der Waals surface area contributed by atoms with Crippen LogP contribution in [0.15, 0.2) is 36.4 Å². The van der Waals surface area contributed by atoms with Crippen LogP contribution in [0, 0.1) is 12.8 Å². The highest BCUT2D eigenvalue weighted by Crippen LogP contribution is 2.42. The first-order valence-electron chi connectivity index (χ1n) is 7.21. The van der Waals surface area contributed by atoms with Crippen molar-refractivity contribution >= 4 is 22.9 Å². The molecule has 1 nitrogen and oxygen atoms in total. The summed E-state index contributed by atoms with van der Waals surface area (Å²) in [6.07, 6.45) is 2.67. The predicted octanol–water partition coefficient (Wildman–Crippen LogP) is 5.51. The molecule has 0 aliphatic heterocycles. The highest BCUT2D eigenvalue weighted by molar-refractivity contribution is 7.16. The summed E-state index contributed by atoms with van der Waals surface area (Å²) in [5.74, 6) is 0.788. The normalized spacial score (nSPS) is 17.9. The minimum Gasteiger partial charge on any atom is -0.302 e. The van der Waals surface area contributed by atoms with Gasteiger partial charge in [0.2, 0.25) is 0 Å². The Morgan fingerprint density at radius 2 is 1.85 bits per heavy atom. The summed E-state index contributed by atoms with van der Waals surface area (Å²) >= 11 is 7.71. The van der Waals surface area contributed by atoms with E-state index >= 15 is 0 Å². The van der Waals surface area contributed by atoms with Gasteiger partial charge in [0.05, 0.1) is 4.34 Å². The zero-order valence-electron chi connectivity index (χ0n) is 11.9. The summed E-state index contributed by atoms with van der Waals surface area (Å²) in [4.78, 5) is 1.31. The largest absolute Gasteiger partial charge is 0.302 e. The van der Waals surface area contributed by atoms with Gasteiger partial charge in [0.1, 0.15) is 0 Å². The lowest BCUT2D eigenvalue weighted by Crippen LogP contribution is -2.25. The van der Waals surface area contributed by atoms with Crippen LogP contribution in [0.2, 0.25) is 4.34 Å². The summed E-state index contributed by atoms with van der Waals surface area (Å²) in [6.45, 7) is 4.37. The van der Waals surface area contributed by atoms with E-state index in [-0.39, 0.29) is 0 Å². The van der Waals surface area contributed by atoms with Crippen molar-refractivity contribution in [1.82, 2.24) is 5.32 Å². The van der Waals surface area contributed by atoms with Gasteiger partial charge in [0, 0.05) is 17.0 Å². The smallest absolute Gasteiger partial charge is 0.0931 e. The van der Waals surface area contributed by atoms with Crippen LogP contribution in [0.5, 0.6) is 0 Å². The molecule has 1 aliphatic rings. The van der Waals surface area contributed by atoms with Crippen molar-refractivity contribution in [2.45, 2.75) is 38.8 Å².